The molecule has 8 nitrogen and oxygen atoms in total. The second kappa shape index (κ2) is 11.8. The fourth-order valence-corrected chi connectivity index (χ4v) is 4.96. The predicted molar refractivity (Wildman–Crippen MR) is 134 cm³/mol. The second-order valence-electron chi connectivity index (χ2n) is 9.04. The van der Waals surface area contributed by atoms with E-state index >= 15 is 0 Å². The van der Waals surface area contributed by atoms with Gasteiger partial charge in [-0.1, -0.05) is 44.4 Å². The van der Waals surface area contributed by atoms with Crippen LogP contribution in [0.15, 0.2) is 30.3 Å². The number of nitrogens with zero attached hydrogens (tertiary/aromatic N) is 6. The lowest BCUT2D eigenvalue weighted by Gasteiger charge is -2.24. The molecule has 1 aromatic carbocycles. The summed E-state index contributed by atoms with van der Waals surface area (Å²) in [4.78, 5) is 22.1. The molecule has 2 aromatic rings. The summed E-state index contributed by atoms with van der Waals surface area (Å²) >= 11 is 0. The van der Waals surface area contributed by atoms with E-state index in [1.54, 1.807) is 0 Å². The first kappa shape index (κ1) is 23.2. The molecule has 1 saturated carbocycles. The summed E-state index contributed by atoms with van der Waals surface area (Å²) in [5, 5.41) is 6.94. The van der Waals surface area contributed by atoms with Crippen molar-refractivity contribution in [1.82, 2.24) is 19.9 Å². The van der Waals surface area contributed by atoms with Crippen LogP contribution in [0.1, 0.15) is 51.9 Å². The van der Waals surface area contributed by atoms with Crippen LogP contribution >= 0.6 is 0 Å². The molecule has 0 amide bonds. The number of aromatic nitrogens is 3. The van der Waals surface area contributed by atoms with Crippen molar-refractivity contribution in [2.45, 2.75) is 57.9 Å². The van der Waals surface area contributed by atoms with E-state index in [2.05, 4.69) is 27.3 Å². The van der Waals surface area contributed by atoms with Crippen molar-refractivity contribution in [3.8, 4) is 0 Å². The minimum Gasteiger partial charge on any atom is -0.354 e. The minimum atomic E-state index is 0.155. The van der Waals surface area contributed by atoms with Gasteiger partial charge in [0.2, 0.25) is 17.8 Å². The molecule has 1 saturated heterocycles. The Kier molecular flexibility index (Phi) is 8.31. The first-order valence-electron chi connectivity index (χ1n) is 12.4. The Hall–Kier alpha value is -2.92. The first-order valence-corrected chi connectivity index (χ1v) is 12.4. The van der Waals surface area contributed by atoms with Gasteiger partial charge in [0.25, 0.3) is 6.67 Å². The van der Waals surface area contributed by atoms with Crippen LogP contribution in [0.2, 0.25) is 0 Å². The van der Waals surface area contributed by atoms with E-state index in [1.807, 2.05) is 35.2 Å². The van der Waals surface area contributed by atoms with Crippen molar-refractivity contribution in [1.29, 1.82) is 0 Å². The Morgan fingerprint density at radius 1 is 0.970 bits per heavy atom. The lowest BCUT2D eigenvalue weighted by Crippen LogP contribution is -2.35. The zero-order valence-electron chi connectivity index (χ0n) is 19.7. The van der Waals surface area contributed by atoms with Crippen molar-refractivity contribution in [3.05, 3.63) is 41.7 Å². The minimum absolute atomic E-state index is 0.155. The molecule has 2 N–H and O–H groups in total. The molecule has 0 bridgehead atoms. The van der Waals surface area contributed by atoms with E-state index in [0.29, 0.717) is 29.8 Å². The molecule has 0 spiro atoms. The van der Waals surface area contributed by atoms with E-state index in [4.69, 9.17) is 21.5 Å². The van der Waals surface area contributed by atoms with Gasteiger partial charge in [0, 0.05) is 19.1 Å². The molecule has 176 valence electrons. The first-order chi connectivity index (χ1) is 16.3. The lowest BCUT2D eigenvalue weighted by atomic mass is 9.89. The van der Waals surface area contributed by atoms with Gasteiger partial charge in [0.15, 0.2) is 0 Å². The molecule has 1 aromatic heterocycles. The number of benzene rings is 1. The maximum absolute atomic E-state index is 7.47. The van der Waals surface area contributed by atoms with Gasteiger partial charge in [0.1, 0.15) is 0 Å². The fourth-order valence-electron chi connectivity index (χ4n) is 4.96. The van der Waals surface area contributed by atoms with Crippen molar-refractivity contribution in [2.24, 2.45) is 5.92 Å². The van der Waals surface area contributed by atoms with Crippen LogP contribution in [0.3, 0.4) is 0 Å². The number of anilines is 4. The van der Waals surface area contributed by atoms with Gasteiger partial charge in [-0.05, 0) is 56.8 Å². The summed E-state index contributed by atoms with van der Waals surface area (Å²) in [7, 11) is 0. The van der Waals surface area contributed by atoms with Crippen molar-refractivity contribution in [2.75, 3.05) is 48.4 Å². The monoisotopic (exact) mass is 448 g/mol. The molecule has 0 radical (unpaired) electrons. The number of nitrogens with one attached hydrogen (secondary N) is 2. The van der Waals surface area contributed by atoms with E-state index in [0.717, 1.165) is 31.9 Å². The third kappa shape index (κ3) is 6.32. The summed E-state index contributed by atoms with van der Waals surface area (Å²) in [6, 6.07) is 10.4. The molecule has 1 aliphatic heterocycles. The molecular weight excluding hydrogens is 412 g/mol. The Morgan fingerprint density at radius 3 is 2.39 bits per heavy atom. The summed E-state index contributed by atoms with van der Waals surface area (Å²) in [6.45, 7) is 13.8. The SMILES string of the molecule is [C-]#[N+]CN(c1ccccc1)c1nc(NCC2CCCCC2)nc(NC[C@@H]2CCCN2CC)n1. The summed E-state index contributed by atoms with van der Waals surface area (Å²) in [5.74, 6) is 2.32. The highest BCUT2D eigenvalue weighted by atomic mass is 15.4. The average molecular weight is 449 g/mol. The third-order valence-corrected chi connectivity index (χ3v) is 6.82. The lowest BCUT2D eigenvalue weighted by molar-refractivity contribution is 0.277. The maximum atomic E-state index is 7.47. The maximum Gasteiger partial charge on any atom is 0.295 e. The molecule has 8 heteroatoms. The smallest absolute Gasteiger partial charge is 0.295 e. The summed E-state index contributed by atoms with van der Waals surface area (Å²) < 4.78 is 0. The van der Waals surface area contributed by atoms with E-state index in [1.165, 1.54) is 44.9 Å². The van der Waals surface area contributed by atoms with Crippen LogP contribution in [0.4, 0.5) is 23.5 Å². The quantitative estimate of drug-likeness (QED) is 0.507. The molecule has 33 heavy (non-hydrogen) atoms. The number of rotatable bonds is 10. The van der Waals surface area contributed by atoms with Crippen molar-refractivity contribution < 1.29 is 0 Å². The summed E-state index contributed by atoms with van der Waals surface area (Å²) in [5.41, 5.74) is 0.900. The van der Waals surface area contributed by atoms with E-state index in [-0.39, 0.29) is 6.67 Å². The number of likely N-dealkylation sites (N-methyl/N-ethyl adjacent to an activating group) is 1. The molecule has 2 fully saturated rings. The topological polar surface area (TPSA) is 73.6 Å². The number of hydrogen-bond acceptors (Lipinski definition) is 7. The Bertz CT molecular complexity index is 906. The van der Waals surface area contributed by atoms with Crippen molar-refractivity contribution in [3.63, 3.8) is 0 Å². The molecule has 1 atom stereocenters. The van der Waals surface area contributed by atoms with Crippen LogP contribution < -0.4 is 15.5 Å². The molecule has 4 rings (SSSR count). The zero-order valence-corrected chi connectivity index (χ0v) is 19.7. The third-order valence-electron chi connectivity index (χ3n) is 6.82. The molecule has 0 unspecified atom stereocenters. The molecular formula is C25H36N8. The predicted octanol–water partition coefficient (Wildman–Crippen LogP) is 4.77. The van der Waals surface area contributed by atoms with E-state index < -0.39 is 0 Å². The van der Waals surface area contributed by atoms with Crippen molar-refractivity contribution >= 4 is 23.5 Å². The normalized spacial score (nSPS) is 19.2. The van der Waals surface area contributed by atoms with Gasteiger partial charge < -0.3 is 10.6 Å². The Balaban J connectivity index is 1.55. The summed E-state index contributed by atoms with van der Waals surface area (Å²) in [6.07, 6.45) is 8.92. The van der Waals surface area contributed by atoms with Gasteiger partial charge in [-0.25, -0.2) is 11.5 Å². The standard InChI is InChI=1S/C25H36N8/c1-3-32-16-10-15-22(32)18-28-24-29-23(27-17-20-11-6-4-7-12-20)30-25(31-24)33(19-26-2)21-13-8-5-9-14-21/h5,8-9,13-14,20,22H,3-4,6-7,10-12,15-19H2,1H3,(H2,27,28,29,30,31)/t22-/m0/s1. The van der Waals surface area contributed by atoms with Gasteiger partial charge >= 0.3 is 0 Å². The van der Waals surface area contributed by atoms with Gasteiger partial charge in [-0.2, -0.15) is 15.0 Å². The van der Waals surface area contributed by atoms with Gasteiger partial charge in [-0.15, -0.1) is 0 Å². The van der Waals surface area contributed by atoms with Crippen LogP contribution in [0.25, 0.3) is 4.85 Å². The Labute approximate surface area is 197 Å². The molecule has 1 aliphatic carbocycles. The van der Waals surface area contributed by atoms with Gasteiger partial charge in [0.05, 0.1) is 5.69 Å². The van der Waals surface area contributed by atoms with E-state index in [9.17, 15) is 0 Å². The zero-order chi connectivity index (χ0) is 22.9. The largest absolute Gasteiger partial charge is 0.354 e. The highest BCUT2D eigenvalue weighted by Crippen LogP contribution is 2.26. The highest BCUT2D eigenvalue weighted by Gasteiger charge is 2.24. The van der Waals surface area contributed by atoms with Crippen LogP contribution in [0, 0.1) is 12.5 Å². The average Bonchev–Trinajstić information content (AvgIpc) is 3.33. The Morgan fingerprint density at radius 2 is 1.70 bits per heavy atom. The fraction of sp³-hybridized carbons (Fsp3) is 0.600. The number of hydrogen-bond donors (Lipinski definition) is 2. The van der Waals surface area contributed by atoms with Crippen LogP contribution in [0.5, 0.6) is 0 Å². The van der Waals surface area contributed by atoms with Gasteiger partial charge in [-0.3, -0.25) is 9.74 Å². The number of likely N-dealkylation sites (tertiary alicyclic amines) is 1. The highest BCUT2D eigenvalue weighted by molar-refractivity contribution is 5.59. The molecule has 2 aliphatic rings. The second-order valence-corrected chi connectivity index (χ2v) is 9.04. The van der Waals surface area contributed by atoms with Crippen LogP contribution in [-0.4, -0.2) is 58.7 Å². The van der Waals surface area contributed by atoms with Crippen LogP contribution in [-0.2, 0) is 0 Å². The number of para-hydroxylation sites is 1. The molecule has 2 heterocycles.